The van der Waals surface area contributed by atoms with E-state index in [1.807, 2.05) is 6.20 Å². The molecule has 1 aromatic heterocycles. The van der Waals surface area contributed by atoms with E-state index in [9.17, 15) is 0 Å². The summed E-state index contributed by atoms with van der Waals surface area (Å²) in [5, 5.41) is 0. The minimum atomic E-state index is 0.642. The number of nitrogens with zero attached hydrogens (tertiary/aromatic N) is 2. The summed E-state index contributed by atoms with van der Waals surface area (Å²) in [6.45, 7) is 4.32. The summed E-state index contributed by atoms with van der Waals surface area (Å²) in [7, 11) is 0. The number of hydrogen-bond donors (Lipinski definition) is 1. The molecule has 2 aromatic rings. The first-order valence-corrected chi connectivity index (χ1v) is 11.4. The molecule has 28 heavy (non-hydrogen) atoms. The van der Waals surface area contributed by atoms with Gasteiger partial charge in [-0.05, 0) is 56.5 Å². The van der Waals surface area contributed by atoms with Gasteiger partial charge in [0.25, 0.3) is 0 Å². The molecule has 1 aromatic carbocycles. The fraction of sp³-hybridized carbons (Fsp3) is 0.609. The van der Waals surface area contributed by atoms with Crippen molar-refractivity contribution >= 4 is 11.6 Å². The molecular weight excluding hydrogens is 370 g/mol. The fourth-order valence-corrected chi connectivity index (χ4v) is 4.01. The van der Waals surface area contributed by atoms with Crippen LogP contribution >= 0.6 is 11.6 Å². The van der Waals surface area contributed by atoms with Crippen LogP contribution in [0.25, 0.3) is 0 Å². The molecule has 0 unspecified atom stereocenters. The Balaban J connectivity index is 1.27. The van der Waals surface area contributed by atoms with Gasteiger partial charge in [0.15, 0.2) is 0 Å². The highest BCUT2D eigenvalue weighted by Crippen LogP contribution is 2.18. The largest absolute Gasteiger partial charge is 0.494 e. The lowest BCUT2D eigenvalue weighted by Crippen LogP contribution is -2.29. The fourth-order valence-electron chi connectivity index (χ4n) is 3.81. The zero-order chi connectivity index (χ0) is 19.4. The number of piperidine rings is 1. The number of likely N-dealkylation sites (tertiary alicyclic amines) is 1. The Bertz CT molecular complexity index is 682. The molecule has 154 valence electrons. The lowest BCUT2D eigenvalue weighted by molar-refractivity contribution is 0.220. The second kappa shape index (κ2) is 12.1. The molecule has 1 N–H and O–H groups in total. The van der Waals surface area contributed by atoms with E-state index in [1.165, 1.54) is 57.2 Å². The van der Waals surface area contributed by atoms with E-state index < -0.39 is 0 Å². The third-order valence-electron chi connectivity index (χ3n) is 5.37. The number of alkyl halides is 1. The Morgan fingerprint density at radius 3 is 2.75 bits per heavy atom. The van der Waals surface area contributed by atoms with Crippen molar-refractivity contribution in [3.05, 3.63) is 47.5 Å². The van der Waals surface area contributed by atoms with Crippen LogP contribution in [0.15, 0.2) is 30.5 Å². The van der Waals surface area contributed by atoms with Gasteiger partial charge in [0, 0.05) is 37.2 Å². The number of nitrogens with one attached hydrogen (secondary N) is 1. The van der Waals surface area contributed by atoms with Crippen molar-refractivity contribution in [2.75, 3.05) is 25.6 Å². The number of unbranched alkanes of at least 4 members (excludes halogenated alkanes) is 3. The first-order chi connectivity index (χ1) is 13.8. The first kappa shape index (κ1) is 21.2. The van der Waals surface area contributed by atoms with Crippen LogP contribution in [0, 0.1) is 0 Å². The third-order valence-corrected chi connectivity index (χ3v) is 5.56. The van der Waals surface area contributed by atoms with Gasteiger partial charge in [-0.3, -0.25) is 4.90 Å². The van der Waals surface area contributed by atoms with Crippen molar-refractivity contribution in [3.63, 3.8) is 0 Å². The maximum Gasteiger partial charge on any atom is 0.119 e. The van der Waals surface area contributed by atoms with Gasteiger partial charge in [0.2, 0.25) is 0 Å². The maximum atomic E-state index is 5.98. The van der Waals surface area contributed by atoms with Gasteiger partial charge in [-0.1, -0.05) is 31.4 Å². The number of benzene rings is 1. The molecule has 0 amide bonds. The van der Waals surface area contributed by atoms with Crippen LogP contribution in [-0.4, -0.2) is 40.4 Å². The molecule has 0 radical (unpaired) electrons. The monoisotopic (exact) mass is 403 g/mol. The van der Waals surface area contributed by atoms with Crippen LogP contribution in [0.1, 0.15) is 62.0 Å². The topological polar surface area (TPSA) is 41.1 Å². The molecule has 3 rings (SSSR count). The second-order valence-electron chi connectivity index (χ2n) is 7.79. The molecule has 1 aliphatic rings. The molecule has 0 bridgehead atoms. The highest BCUT2D eigenvalue weighted by atomic mass is 35.5. The number of hydrogen-bond acceptors (Lipinski definition) is 3. The molecule has 0 aliphatic carbocycles. The van der Waals surface area contributed by atoms with Gasteiger partial charge < -0.3 is 9.72 Å². The Morgan fingerprint density at radius 2 is 1.89 bits per heavy atom. The standard InChI is InChI=1S/C23H34ClN3O/c24-13-12-21-18-25-23(26-21)11-4-1-2-7-16-28-22-10-8-9-20(17-22)19-27-14-5-3-6-15-27/h8-10,17-18H,1-7,11-16,19H2,(H,25,26). The molecule has 4 nitrogen and oxygen atoms in total. The van der Waals surface area contributed by atoms with E-state index in [2.05, 4.69) is 39.1 Å². The highest BCUT2D eigenvalue weighted by Gasteiger charge is 2.10. The van der Waals surface area contributed by atoms with Crippen molar-refractivity contribution in [1.82, 2.24) is 14.9 Å². The minimum absolute atomic E-state index is 0.642. The van der Waals surface area contributed by atoms with Crippen LogP contribution in [-0.2, 0) is 19.4 Å². The van der Waals surface area contributed by atoms with Crippen molar-refractivity contribution in [2.45, 2.75) is 64.3 Å². The van der Waals surface area contributed by atoms with Crippen molar-refractivity contribution in [1.29, 1.82) is 0 Å². The number of aromatic amines is 1. The number of aromatic nitrogens is 2. The van der Waals surface area contributed by atoms with Gasteiger partial charge in [-0.25, -0.2) is 4.98 Å². The smallest absolute Gasteiger partial charge is 0.119 e. The summed E-state index contributed by atoms with van der Waals surface area (Å²) >= 11 is 5.76. The summed E-state index contributed by atoms with van der Waals surface area (Å²) in [4.78, 5) is 10.3. The summed E-state index contributed by atoms with van der Waals surface area (Å²) in [6, 6.07) is 8.63. The Kier molecular flexibility index (Phi) is 9.18. The average molecular weight is 404 g/mol. The van der Waals surface area contributed by atoms with Crippen LogP contribution in [0.3, 0.4) is 0 Å². The number of aryl methyl sites for hydroxylation is 2. The normalized spacial score (nSPS) is 15.0. The van der Waals surface area contributed by atoms with Gasteiger partial charge in [0.1, 0.15) is 11.6 Å². The number of halogens is 1. The number of ether oxygens (including phenoxy) is 1. The van der Waals surface area contributed by atoms with E-state index >= 15 is 0 Å². The van der Waals surface area contributed by atoms with Crippen LogP contribution in [0.4, 0.5) is 0 Å². The zero-order valence-corrected chi connectivity index (χ0v) is 17.7. The lowest BCUT2D eigenvalue weighted by atomic mass is 10.1. The van der Waals surface area contributed by atoms with Crippen molar-refractivity contribution in [3.8, 4) is 5.75 Å². The molecule has 1 aliphatic heterocycles. The molecule has 1 saturated heterocycles. The predicted molar refractivity (Wildman–Crippen MR) is 116 cm³/mol. The third kappa shape index (κ3) is 7.48. The Morgan fingerprint density at radius 1 is 1.04 bits per heavy atom. The molecule has 0 spiro atoms. The van der Waals surface area contributed by atoms with Gasteiger partial charge >= 0.3 is 0 Å². The molecule has 5 heteroatoms. The lowest BCUT2D eigenvalue weighted by Gasteiger charge is -2.26. The van der Waals surface area contributed by atoms with Crippen LogP contribution in [0.2, 0.25) is 0 Å². The maximum absolute atomic E-state index is 5.98. The summed E-state index contributed by atoms with van der Waals surface area (Å²) in [5.74, 6) is 2.74. The first-order valence-electron chi connectivity index (χ1n) is 10.9. The van der Waals surface area contributed by atoms with E-state index in [4.69, 9.17) is 16.3 Å². The van der Waals surface area contributed by atoms with E-state index in [0.717, 1.165) is 49.7 Å². The minimum Gasteiger partial charge on any atom is -0.494 e. The van der Waals surface area contributed by atoms with E-state index in [0.29, 0.717) is 5.88 Å². The van der Waals surface area contributed by atoms with Gasteiger partial charge in [0.05, 0.1) is 6.61 Å². The van der Waals surface area contributed by atoms with Crippen molar-refractivity contribution in [2.24, 2.45) is 0 Å². The highest BCUT2D eigenvalue weighted by molar-refractivity contribution is 6.17. The van der Waals surface area contributed by atoms with Crippen LogP contribution in [0.5, 0.6) is 5.75 Å². The number of H-pyrrole nitrogens is 1. The molecule has 0 saturated carbocycles. The molecule has 1 fully saturated rings. The number of rotatable bonds is 12. The van der Waals surface area contributed by atoms with Gasteiger partial charge in [-0.15, -0.1) is 11.6 Å². The van der Waals surface area contributed by atoms with Gasteiger partial charge in [-0.2, -0.15) is 0 Å². The van der Waals surface area contributed by atoms with Crippen molar-refractivity contribution < 1.29 is 4.74 Å². The number of imidazole rings is 1. The SMILES string of the molecule is ClCCc1cnc(CCCCCCOc2cccc(CN3CCCCC3)c2)[nH]1. The zero-order valence-electron chi connectivity index (χ0n) is 17.0. The Hall–Kier alpha value is -1.52. The summed E-state index contributed by atoms with van der Waals surface area (Å²) in [5.41, 5.74) is 2.51. The Labute approximate surface area is 174 Å². The molecule has 0 atom stereocenters. The van der Waals surface area contributed by atoms with E-state index in [1.54, 1.807) is 0 Å². The summed E-state index contributed by atoms with van der Waals surface area (Å²) < 4.78 is 5.98. The van der Waals surface area contributed by atoms with E-state index in [-0.39, 0.29) is 0 Å². The molecule has 2 heterocycles. The molecular formula is C23H34ClN3O. The summed E-state index contributed by atoms with van der Waals surface area (Å²) in [6.07, 6.45) is 12.5. The predicted octanol–water partition coefficient (Wildman–Crippen LogP) is 5.36. The van der Waals surface area contributed by atoms with Crippen LogP contribution < -0.4 is 4.74 Å². The quantitative estimate of drug-likeness (QED) is 0.383. The average Bonchev–Trinajstić information content (AvgIpc) is 3.16. The second-order valence-corrected chi connectivity index (χ2v) is 8.17.